The fourth-order valence-corrected chi connectivity index (χ4v) is 4.32. The Kier molecular flexibility index (Phi) is 6.11. The zero-order valence-electron chi connectivity index (χ0n) is 17.0. The Morgan fingerprint density at radius 2 is 1.93 bits per heavy atom. The van der Waals surface area contributed by atoms with Crippen molar-refractivity contribution in [3.05, 3.63) is 65.5 Å². The van der Waals surface area contributed by atoms with Crippen LogP contribution in [-0.4, -0.2) is 55.1 Å². The third-order valence-corrected chi connectivity index (χ3v) is 5.99. The highest BCUT2D eigenvalue weighted by Gasteiger charge is 2.24. The van der Waals surface area contributed by atoms with Crippen molar-refractivity contribution in [2.24, 2.45) is 0 Å². The van der Waals surface area contributed by atoms with Crippen LogP contribution in [0, 0.1) is 5.82 Å². The van der Waals surface area contributed by atoms with Gasteiger partial charge in [-0.2, -0.15) is 0 Å². The van der Waals surface area contributed by atoms with Gasteiger partial charge >= 0.3 is 6.03 Å². The van der Waals surface area contributed by atoms with Crippen LogP contribution in [0.25, 0.3) is 0 Å². The lowest BCUT2D eigenvalue weighted by Gasteiger charge is -2.37. The molecular formula is C23H29FN4O. The maximum atomic E-state index is 14.0. The monoisotopic (exact) mass is 396 g/mol. The van der Waals surface area contributed by atoms with Gasteiger partial charge in [-0.15, -0.1) is 0 Å². The first kappa shape index (κ1) is 19.9. The maximum Gasteiger partial charge on any atom is 0.321 e. The molecule has 0 unspecified atom stereocenters. The van der Waals surface area contributed by atoms with Crippen molar-refractivity contribution in [1.82, 2.24) is 15.1 Å². The van der Waals surface area contributed by atoms with Gasteiger partial charge in [-0.05, 0) is 50.2 Å². The summed E-state index contributed by atoms with van der Waals surface area (Å²) in [6.07, 6.45) is 2.29. The minimum atomic E-state index is -0.116. The molecular weight excluding hydrogens is 367 g/mol. The zero-order chi connectivity index (χ0) is 20.2. The quantitative estimate of drug-likeness (QED) is 0.813. The number of carbonyl (C=O) groups excluding carboxylic acids is 1. The van der Waals surface area contributed by atoms with Gasteiger partial charge in [0.2, 0.25) is 0 Å². The van der Waals surface area contributed by atoms with Gasteiger partial charge in [0, 0.05) is 50.0 Å². The molecule has 2 aliphatic heterocycles. The molecule has 2 heterocycles. The molecule has 0 spiro atoms. The number of amides is 2. The standard InChI is InChI=1S/C23H29FN4O/c1-26(15-18-8-10-20(11-9-18)28-14-12-25-23(28)29)21-6-4-13-27(17-21)16-19-5-2-3-7-22(19)24/h2-3,5,7-11,21H,4,6,12-17H2,1H3,(H,25,29)/t21-/m0/s1. The third kappa shape index (κ3) is 4.77. The Labute approximate surface area is 172 Å². The second-order valence-electron chi connectivity index (χ2n) is 8.09. The number of halogens is 1. The van der Waals surface area contributed by atoms with Crippen LogP contribution in [-0.2, 0) is 13.1 Å². The molecule has 6 heteroatoms. The number of carbonyl (C=O) groups is 1. The number of urea groups is 1. The second kappa shape index (κ2) is 8.93. The highest BCUT2D eigenvalue weighted by molar-refractivity contribution is 5.93. The van der Waals surface area contributed by atoms with E-state index in [-0.39, 0.29) is 11.8 Å². The van der Waals surface area contributed by atoms with Crippen molar-refractivity contribution in [2.45, 2.75) is 32.0 Å². The molecule has 2 saturated heterocycles. The molecule has 154 valence electrons. The molecule has 2 aromatic rings. The van der Waals surface area contributed by atoms with Crippen LogP contribution < -0.4 is 10.2 Å². The van der Waals surface area contributed by atoms with Crippen molar-refractivity contribution in [3.63, 3.8) is 0 Å². The minimum absolute atomic E-state index is 0.0213. The first-order valence-electron chi connectivity index (χ1n) is 10.4. The highest BCUT2D eigenvalue weighted by Crippen LogP contribution is 2.22. The summed E-state index contributed by atoms with van der Waals surface area (Å²) in [4.78, 5) is 18.3. The molecule has 0 saturated carbocycles. The number of likely N-dealkylation sites (tertiary alicyclic amines) is 1. The Bertz CT molecular complexity index is 841. The Balaban J connectivity index is 1.33. The fourth-order valence-electron chi connectivity index (χ4n) is 4.32. The van der Waals surface area contributed by atoms with Crippen LogP contribution in [0.5, 0.6) is 0 Å². The summed E-state index contributed by atoms with van der Waals surface area (Å²) in [6.45, 7) is 4.93. The van der Waals surface area contributed by atoms with Crippen LogP contribution in [0.2, 0.25) is 0 Å². The third-order valence-electron chi connectivity index (χ3n) is 5.99. The van der Waals surface area contributed by atoms with Gasteiger partial charge in [0.15, 0.2) is 0 Å². The summed E-state index contributed by atoms with van der Waals surface area (Å²) in [5.41, 5.74) is 2.96. The summed E-state index contributed by atoms with van der Waals surface area (Å²) in [5.74, 6) is -0.116. The van der Waals surface area contributed by atoms with E-state index in [4.69, 9.17) is 0 Å². The molecule has 1 N–H and O–H groups in total. The van der Waals surface area contributed by atoms with E-state index < -0.39 is 0 Å². The number of rotatable bonds is 6. The molecule has 1 atom stereocenters. The second-order valence-corrected chi connectivity index (χ2v) is 8.09. The Morgan fingerprint density at radius 3 is 2.66 bits per heavy atom. The Morgan fingerprint density at radius 1 is 1.14 bits per heavy atom. The minimum Gasteiger partial charge on any atom is -0.336 e. The molecule has 5 nitrogen and oxygen atoms in total. The smallest absolute Gasteiger partial charge is 0.321 e. The van der Waals surface area contributed by atoms with Crippen molar-refractivity contribution in [2.75, 3.05) is 38.1 Å². The van der Waals surface area contributed by atoms with Crippen LogP contribution in [0.15, 0.2) is 48.5 Å². The predicted octanol–water partition coefficient (Wildman–Crippen LogP) is 3.45. The van der Waals surface area contributed by atoms with E-state index in [0.29, 0.717) is 19.1 Å². The molecule has 0 aromatic heterocycles. The topological polar surface area (TPSA) is 38.8 Å². The molecule has 0 radical (unpaired) electrons. The van der Waals surface area contributed by atoms with E-state index in [1.54, 1.807) is 17.0 Å². The SMILES string of the molecule is CN(Cc1ccc(N2CCNC2=O)cc1)[C@H]1CCCN(Cc2ccccc2F)C1. The van der Waals surface area contributed by atoms with E-state index in [0.717, 1.165) is 50.3 Å². The summed E-state index contributed by atoms with van der Waals surface area (Å²) < 4.78 is 14.0. The number of nitrogens with zero attached hydrogens (tertiary/aromatic N) is 3. The van der Waals surface area contributed by atoms with E-state index in [1.165, 1.54) is 5.56 Å². The van der Waals surface area contributed by atoms with Crippen LogP contribution in [0.3, 0.4) is 0 Å². The van der Waals surface area contributed by atoms with E-state index in [1.807, 2.05) is 24.3 Å². The predicted molar refractivity (Wildman–Crippen MR) is 113 cm³/mol. The number of benzene rings is 2. The molecule has 2 aromatic carbocycles. The summed E-state index contributed by atoms with van der Waals surface area (Å²) in [7, 11) is 2.17. The number of anilines is 1. The van der Waals surface area contributed by atoms with Crippen molar-refractivity contribution in [3.8, 4) is 0 Å². The van der Waals surface area contributed by atoms with Crippen molar-refractivity contribution >= 4 is 11.7 Å². The molecule has 2 amide bonds. The van der Waals surface area contributed by atoms with Gasteiger partial charge < -0.3 is 5.32 Å². The zero-order valence-corrected chi connectivity index (χ0v) is 17.0. The van der Waals surface area contributed by atoms with Crippen molar-refractivity contribution in [1.29, 1.82) is 0 Å². The molecule has 0 aliphatic carbocycles. The van der Waals surface area contributed by atoms with Crippen molar-refractivity contribution < 1.29 is 9.18 Å². The van der Waals surface area contributed by atoms with Crippen LogP contribution in [0.4, 0.5) is 14.9 Å². The molecule has 2 aliphatic rings. The van der Waals surface area contributed by atoms with Crippen LogP contribution >= 0.6 is 0 Å². The molecule has 2 fully saturated rings. The number of hydrogen-bond donors (Lipinski definition) is 1. The van der Waals surface area contributed by atoms with Crippen LogP contribution in [0.1, 0.15) is 24.0 Å². The number of hydrogen-bond acceptors (Lipinski definition) is 3. The van der Waals surface area contributed by atoms with Gasteiger partial charge in [-0.3, -0.25) is 14.7 Å². The van der Waals surface area contributed by atoms with Gasteiger partial charge in [-0.25, -0.2) is 9.18 Å². The first-order chi connectivity index (χ1) is 14.1. The largest absolute Gasteiger partial charge is 0.336 e. The molecule has 0 bridgehead atoms. The van der Waals surface area contributed by atoms with E-state index in [9.17, 15) is 9.18 Å². The number of likely N-dealkylation sites (N-methyl/N-ethyl adjacent to an activating group) is 1. The van der Waals surface area contributed by atoms with Gasteiger partial charge in [0.1, 0.15) is 5.82 Å². The van der Waals surface area contributed by atoms with E-state index >= 15 is 0 Å². The highest BCUT2D eigenvalue weighted by atomic mass is 19.1. The average Bonchev–Trinajstić information content (AvgIpc) is 3.16. The summed E-state index contributed by atoms with van der Waals surface area (Å²) in [6, 6.07) is 15.8. The molecule has 29 heavy (non-hydrogen) atoms. The Hall–Kier alpha value is -2.44. The lowest BCUT2D eigenvalue weighted by molar-refractivity contribution is 0.106. The number of piperidine rings is 1. The molecule has 4 rings (SSSR count). The average molecular weight is 397 g/mol. The van der Waals surface area contributed by atoms with Gasteiger partial charge in [0.05, 0.1) is 0 Å². The fraction of sp³-hybridized carbons (Fsp3) is 0.435. The summed E-state index contributed by atoms with van der Waals surface area (Å²) in [5, 5.41) is 2.83. The van der Waals surface area contributed by atoms with Gasteiger partial charge in [0.25, 0.3) is 0 Å². The first-order valence-corrected chi connectivity index (χ1v) is 10.4. The lowest BCUT2D eigenvalue weighted by atomic mass is 10.0. The van der Waals surface area contributed by atoms with E-state index in [2.05, 4.69) is 34.3 Å². The number of nitrogens with one attached hydrogen (secondary N) is 1. The maximum absolute atomic E-state index is 14.0. The summed E-state index contributed by atoms with van der Waals surface area (Å²) >= 11 is 0. The van der Waals surface area contributed by atoms with Gasteiger partial charge in [-0.1, -0.05) is 30.3 Å². The lowest BCUT2D eigenvalue weighted by Crippen LogP contribution is -2.45. The normalized spacial score (nSPS) is 20.3.